The Hall–Kier alpha value is -1.16. The molecule has 0 spiro atoms. The molecule has 0 amide bonds. The molecule has 0 aliphatic heterocycles. The number of hydrogen-bond acceptors (Lipinski definition) is 3. The van der Waals surface area contributed by atoms with E-state index >= 15 is 0 Å². The summed E-state index contributed by atoms with van der Waals surface area (Å²) >= 11 is 6.11. The van der Waals surface area contributed by atoms with Gasteiger partial charge in [0.1, 0.15) is 17.3 Å². The first-order valence-electron chi connectivity index (χ1n) is 6.38. The number of methoxy groups -OCH3 is 1. The van der Waals surface area contributed by atoms with Crippen molar-refractivity contribution >= 4 is 24.0 Å². The van der Waals surface area contributed by atoms with E-state index in [-0.39, 0.29) is 12.4 Å². The lowest BCUT2D eigenvalue weighted by molar-refractivity contribution is 0.415. The van der Waals surface area contributed by atoms with Crippen molar-refractivity contribution in [3.05, 3.63) is 41.1 Å². The first kappa shape index (κ1) is 16.9. The molecule has 3 nitrogen and oxygen atoms in total. The highest BCUT2D eigenvalue weighted by molar-refractivity contribution is 6.32. The minimum Gasteiger partial charge on any atom is -0.495 e. The Kier molecular flexibility index (Phi) is 6.93. The highest BCUT2D eigenvalue weighted by atomic mass is 35.5. The molecule has 5 heteroatoms. The van der Waals surface area contributed by atoms with Gasteiger partial charge in [-0.05, 0) is 43.3 Å². The summed E-state index contributed by atoms with van der Waals surface area (Å²) < 4.78 is 10.9. The number of benzene rings is 1. The van der Waals surface area contributed by atoms with Crippen molar-refractivity contribution in [3.63, 3.8) is 0 Å². The SMILES string of the molecule is CCCNCc1ccc(-c2ccc(OC)c(Cl)c2)o1.Cl. The Balaban J connectivity index is 0.00000200. The molecule has 1 N–H and O–H groups in total. The van der Waals surface area contributed by atoms with Crippen LogP contribution in [-0.4, -0.2) is 13.7 Å². The quantitative estimate of drug-likeness (QED) is 0.795. The Bertz CT molecular complexity index is 540. The molecular formula is C15H19Cl2NO2. The van der Waals surface area contributed by atoms with Gasteiger partial charge in [-0.3, -0.25) is 0 Å². The fourth-order valence-electron chi connectivity index (χ4n) is 1.84. The van der Waals surface area contributed by atoms with E-state index in [4.69, 9.17) is 20.8 Å². The summed E-state index contributed by atoms with van der Waals surface area (Å²) in [4.78, 5) is 0. The largest absolute Gasteiger partial charge is 0.495 e. The number of nitrogens with one attached hydrogen (secondary N) is 1. The zero-order valence-corrected chi connectivity index (χ0v) is 13.2. The van der Waals surface area contributed by atoms with Gasteiger partial charge in [0.15, 0.2) is 0 Å². The van der Waals surface area contributed by atoms with E-state index in [0.717, 1.165) is 36.6 Å². The molecular weight excluding hydrogens is 297 g/mol. The second-order valence-corrected chi connectivity index (χ2v) is 4.70. The molecule has 0 saturated carbocycles. The zero-order valence-electron chi connectivity index (χ0n) is 11.6. The molecule has 0 unspecified atom stereocenters. The highest BCUT2D eigenvalue weighted by Crippen LogP contribution is 2.30. The monoisotopic (exact) mass is 315 g/mol. The lowest BCUT2D eigenvalue weighted by Crippen LogP contribution is -2.12. The molecule has 1 aromatic carbocycles. The molecule has 0 atom stereocenters. The molecule has 0 radical (unpaired) electrons. The first-order valence-corrected chi connectivity index (χ1v) is 6.75. The lowest BCUT2D eigenvalue weighted by atomic mass is 10.2. The first-order chi connectivity index (χ1) is 9.24. The van der Waals surface area contributed by atoms with E-state index in [1.807, 2.05) is 30.3 Å². The second-order valence-electron chi connectivity index (χ2n) is 4.29. The van der Waals surface area contributed by atoms with Gasteiger partial charge in [0.25, 0.3) is 0 Å². The maximum atomic E-state index is 6.11. The van der Waals surface area contributed by atoms with E-state index in [2.05, 4.69) is 12.2 Å². The van der Waals surface area contributed by atoms with Crippen molar-refractivity contribution in [1.29, 1.82) is 0 Å². The van der Waals surface area contributed by atoms with Gasteiger partial charge >= 0.3 is 0 Å². The maximum Gasteiger partial charge on any atom is 0.137 e. The van der Waals surface area contributed by atoms with Gasteiger partial charge in [0.2, 0.25) is 0 Å². The zero-order chi connectivity index (χ0) is 13.7. The Morgan fingerprint density at radius 2 is 2.05 bits per heavy atom. The maximum absolute atomic E-state index is 6.11. The van der Waals surface area contributed by atoms with Crippen LogP contribution in [0.3, 0.4) is 0 Å². The summed E-state index contributed by atoms with van der Waals surface area (Å²) in [6.07, 6.45) is 1.11. The van der Waals surface area contributed by atoms with Gasteiger partial charge in [-0.15, -0.1) is 12.4 Å². The average Bonchev–Trinajstić information content (AvgIpc) is 2.88. The van der Waals surface area contributed by atoms with Crippen LogP contribution in [0, 0.1) is 0 Å². The summed E-state index contributed by atoms with van der Waals surface area (Å²) in [7, 11) is 1.60. The van der Waals surface area contributed by atoms with Crippen LogP contribution in [0.4, 0.5) is 0 Å². The topological polar surface area (TPSA) is 34.4 Å². The Labute approximate surface area is 130 Å². The highest BCUT2D eigenvalue weighted by Gasteiger charge is 2.07. The van der Waals surface area contributed by atoms with Crippen molar-refractivity contribution in [1.82, 2.24) is 5.32 Å². The van der Waals surface area contributed by atoms with E-state index in [0.29, 0.717) is 10.8 Å². The van der Waals surface area contributed by atoms with Crippen molar-refractivity contribution in [2.24, 2.45) is 0 Å². The Morgan fingerprint density at radius 3 is 2.70 bits per heavy atom. The summed E-state index contributed by atoms with van der Waals surface area (Å²) in [6.45, 7) is 3.88. The smallest absolute Gasteiger partial charge is 0.137 e. The summed E-state index contributed by atoms with van der Waals surface area (Å²) in [5.41, 5.74) is 0.951. The van der Waals surface area contributed by atoms with Gasteiger partial charge < -0.3 is 14.5 Å². The van der Waals surface area contributed by atoms with Crippen LogP contribution < -0.4 is 10.1 Å². The van der Waals surface area contributed by atoms with E-state index in [1.165, 1.54) is 0 Å². The van der Waals surface area contributed by atoms with Crippen LogP contribution in [-0.2, 0) is 6.54 Å². The number of furan rings is 1. The number of hydrogen-bond donors (Lipinski definition) is 1. The minimum absolute atomic E-state index is 0. The average molecular weight is 316 g/mol. The molecule has 0 saturated heterocycles. The van der Waals surface area contributed by atoms with Crippen LogP contribution in [0.5, 0.6) is 5.75 Å². The van der Waals surface area contributed by atoms with Crippen LogP contribution in [0.2, 0.25) is 5.02 Å². The number of rotatable bonds is 6. The van der Waals surface area contributed by atoms with Crippen molar-refractivity contribution in [2.75, 3.05) is 13.7 Å². The van der Waals surface area contributed by atoms with Crippen molar-refractivity contribution in [2.45, 2.75) is 19.9 Å². The molecule has 110 valence electrons. The van der Waals surface area contributed by atoms with Gasteiger partial charge in [0, 0.05) is 5.56 Å². The second kappa shape index (κ2) is 8.20. The standard InChI is InChI=1S/C15H18ClNO2.ClH/c1-3-8-17-10-12-5-7-14(19-12)11-4-6-15(18-2)13(16)9-11;/h4-7,9,17H,3,8,10H2,1-2H3;1H. The number of halogens is 2. The molecule has 1 heterocycles. The lowest BCUT2D eigenvalue weighted by Gasteiger charge is -2.04. The van der Waals surface area contributed by atoms with Crippen LogP contribution in [0.15, 0.2) is 34.7 Å². The third-order valence-corrected chi connectivity index (χ3v) is 3.12. The summed E-state index contributed by atoms with van der Waals surface area (Å²) in [5, 5.41) is 3.89. The molecule has 0 bridgehead atoms. The minimum atomic E-state index is 0. The van der Waals surface area contributed by atoms with E-state index in [1.54, 1.807) is 7.11 Å². The Morgan fingerprint density at radius 1 is 1.25 bits per heavy atom. The van der Waals surface area contributed by atoms with E-state index in [9.17, 15) is 0 Å². The molecule has 2 rings (SSSR count). The normalized spacial score (nSPS) is 10.2. The van der Waals surface area contributed by atoms with Crippen LogP contribution >= 0.6 is 24.0 Å². The third kappa shape index (κ3) is 4.17. The summed E-state index contributed by atoms with van der Waals surface area (Å²) in [5.74, 6) is 2.41. The van der Waals surface area contributed by atoms with Gasteiger partial charge in [-0.1, -0.05) is 18.5 Å². The van der Waals surface area contributed by atoms with Crippen LogP contribution in [0.1, 0.15) is 19.1 Å². The number of ether oxygens (including phenoxy) is 1. The fourth-order valence-corrected chi connectivity index (χ4v) is 2.09. The van der Waals surface area contributed by atoms with Gasteiger partial charge in [-0.25, -0.2) is 0 Å². The molecule has 0 aliphatic carbocycles. The predicted octanol–water partition coefficient (Wildman–Crippen LogP) is 4.53. The molecule has 0 aliphatic rings. The third-order valence-electron chi connectivity index (χ3n) is 2.82. The van der Waals surface area contributed by atoms with Crippen molar-refractivity contribution in [3.8, 4) is 17.1 Å². The molecule has 1 aromatic heterocycles. The van der Waals surface area contributed by atoms with Gasteiger partial charge in [0.05, 0.1) is 18.7 Å². The molecule has 2 aromatic rings. The molecule has 0 fully saturated rings. The van der Waals surface area contributed by atoms with Crippen LogP contribution in [0.25, 0.3) is 11.3 Å². The van der Waals surface area contributed by atoms with E-state index < -0.39 is 0 Å². The fraction of sp³-hybridized carbons (Fsp3) is 0.333. The summed E-state index contributed by atoms with van der Waals surface area (Å²) in [6, 6.07) is 9.57. The van der Waals surface area contributed by atoms with Crippen molar-refractivity contribution < 1.29 is 9.15 Å². The predicted molar refractivity (Wildman–Crippen MR) is 85.0 cm³/mol. The van der Waals surface area contributed by atoms with Gasteiger partial charge in [-0.2, -0.15) is 0 Å². The molecule has 20 heavy (non-hydrogen) atoms.